The summed E-state index contributed by atoms with van der Waals surface area (Å²) in [5.74, 6) is 0.394. The van der Waals surface area contributed by atoms with Gasteiger partial charge in [-0.2, -0.15) is 0 Å². The number of benzene rings is 2. The van der Waals surface area contributed by atoms with Crippen LogP contribution in [0.1, 0.15) is 10.4 Å². The van der Waals surface area contributed by atoms with Crippen molar-refractivity contribution < 1.29 is 19.1 Å². The molecular weight excluding hydrogens is 346 g/mol. The zero-order valence-corrected chi connectivity index (χ0v) is 15.5. The molecule has 1 heterocycles. The fraction of sp³-hybridized carbons (Fsp3) is 0.300. The maximum atomic E-state index is 12.5. The van der Waals surface area contributed by atoms with E-state index in [1.807, 2.05) is 24.3 Å². The van der Waals surface area contributed by atoms with E-state index in [1.54, 1.807) is 36.3 Å². The predicted molar refractivity (Wildman–Crippen MR) is 104 cm³/mol. The van der Waals surface area contributed by atoms with Gasteiger partial charge in [-0.3, -0.25) is 0 Å². The number of carbonyl (C=O) groups excluding carboxylic acids is 2. The predicted octanol–water partition coefficient (Wildman–Crippen LogP) is 2.84. The van der Waals surface area contributed by atoms with E-state index in [-0.39, 0.29) is 6.03 Å². The normalized spacial score (nSPS) is 13.9. The standard InChI is InChI=1S/C20H23N3O4/c1-26-18-8-6-17(7-9-18)22-10-12-23(13-11-22)20(25)21-16-5-3-4-15(14-16)19(24)27-2/h3-9,14H,10-13H2,1-2H3,(H,21,25). The topological polar surface area (TPSA) is 71.1 Å². The number of carbonyl (C=O) groups is 2. The van der Waals surface area contributed by atoms with E-state index in [4.69, 9.17) is 9.47 Å². The summed E-state index contributed by atoms with van der Waals surface area (Å²) in [5, 5.41) is 2.84. The molecule has 1 fully saturated rings. The van der Waals surface area contributed by atoms with Crippen molar-refractivity contribution in [1.82, 2.24) is 4.90 Å². The van der Waals surface area contributed by atoms with E-state index in [2.05, 4.69) is 10.2 Å². The van der Waals surface area contributed by atoms with Gasteiger partial charge >= 0.3 is 12.0 Å². The minimum absolute atomic E-state index is 0.175. The Bertz CT molecular complexity index is 799. The van der Waals surface area contributed by atoms with Crippen LogP contribution in [0.3, 0.4) is 0 Å². The Morgan fingerprint density at radius 3 is 2.30 bits per heavy atom. The SMILES string of the molecule is COC(=O)c1cccc(NC(=O)N2CCN(c3ccc(OC)cc3)CC2)c1. The van der Waals surface area contributed by atoms with Gasteiger partial charge in [-0.25, -0.2) is 9.59 Å². The lowest BCUT2D eigenvalue weighted by molar-refractivity contribution is 0.0600. The molecule has 0 spiro atoms. The minimum atomic E-state index is -0.431. The molecule has 1 aliphatic heterocycles. The zero-order valence-electron chi connectivity index (χ0n) is 15.5. The lowest BCUT2D eigenvalue weighted by Crippen LogP contribution is -2.50. The second kappa shape index (κ2) is 8.44. The van der Waals surface area contributed by atoms with Gasteiger partial charge in [0.1, 0.15) is 5.75 Å². The van der Waals surface area contributed by atoms with Crippen LogP contribution in [-0.4, -0.2) is 57.3 Å². The van der Waals surface area contributed by atoms with Crippen molar-refractivity contribution in [2.75, 3.05) is 50.6 Å². The van der Waals surface area contributed by atoms with Gasteiger partial charge in [0.2, 0.25) is 0 Å². The van der Waals surface area contributed by atoms with Gasteiger partial charge in [-0.15, -0.1) is 0 Å². The first-order chi connectivity index (χ1) is 13.1. The molecule has 2 aromatic carbocycles. The maximum Gasteiger partial charge on any atom is 0.337 e. The number of anilines is 2. The average Bonchev–Trinajstić information content (AvgIpc) is 2.73. The zero-order chi connectivity index (χ0) is 19.2. The Morgan fingerprint density at radius 1 is 0.963 bits per heavy atom. The summed E-state index contributed by atoms with van der Waals surface area (Å²) in [6.45, 7) is 2.74. The summed E-state index contributed by atoms with van der Waals surface area (Å²) in [4.78, 5) is 28.1. The molecule has 0 saturated carbocycles. The molecule has 0 aromatic heterocycles. The van der Waals surface area contributed by atoms with E-state index < -0.39 is 5.97 Å². The van der Waals surface area contributed by atoms with Crippen molar-refractivity contribution in [3.8, 4) is 5.75 Å². The molecule has 142 valence electrons. The van der Waals surface area contributed by atoms with Crippen LogP contribution in [0.4, 0.5) is 16.2 Å². The second-order valence-electron chi connectivity index (χ2n) is 6.17. The number of nitrogens with one attached hydrogen (secondary N) is 1. The summed E-state index contributed by atoms with van der Waals surface area (Å²) >= 11 is 0. The summed E-state index contributed by atoms with van der Waals surface area (Å²) < 4.78 is 9.89. The Kier molecular flexibility index (Phi) is 5.80. The first-order valence-electron chi connectivity index (χ1n) is 8.74. The first-order valence-corrected chi connectivity index (χ1v) is 8.74. The molecule has 1 aliphatic rings. The molecule has 0 atom stereocenters. The molecule has 0 radical (unpaired) electrons. The molecule has 0 unspecified atom stereocenters. The monoisotopic (exact) mass is 369 g/mol. The largest absolute Gasteiger partial charge is 0.497 e. The van der Waals surface area contributed by atoms with Gasteiger partial charge in [-0.05, 0) is 42.5 Å². The third-order valence-corrected chi connectivity index (χ3v) is 4.54. The highest BCUT2D eigenvalue weighted by molar-refractivity contribution is 5.94. The van der Waals surface area contributed by atoms with Crippen molar-refractivity contribution in [2.24, 2.45) is 0 Å². The molecule has 0 bridgehead atoms. The van der Waals surface area contributed by atoms with Crippen LogP contribution in [0.15, 0.2) is 48.5 Å². The highest BCUT2D eigenvalue weighted by Crippen LogP contribution is 2.21. The lowest BCUT2D eigenvalue weighted by Gasteiger charge is -2.36. The van der Waals surface area contributed by atoms with Gasteiger partial charge in [-0.1, -0.05) is 6.07 Å². The van der Waals surface area contributed by atoms with Crippen molar-refractivity contribution in [1.29, 1.82) is 0 Å². The van der Waals surface area contributed by atoms with E-state index in [0.29, 0.717) is 24.3 Å². The van der Waals surface area contributed by atoms with E-state index >= 15 is 0 Å². The Hall–Kier alpha value is -3.22. The highest BCUT2D eigenvalue weighted by Gasteiger charge is 2.21. The van der Waals surface area contributed by atoms with Gasteiger partial charge in [0.15, 0.2) is 0 Å². The van der Waals surface area contributed by atoms with Crippen LogP contribution in [0.5, 0.6) is 5.75 Å². The third-order valence-electron chi connectivity index (χ3n) is 4.54. The van der Waals surface area contributed by atoms with E-state index in [9.17, 15) is 9.59 Å². The Morgan fingerprint density at radius 2 is 1.67 bits per heavy atom. The number of hydrogen-bond donors (Lipinski definition) is 1. The average molecular weight is 369 g/mol. The van der Waals surface area contributed by atoms with Crippen molar-refractivity contribution in [3.05, 3.63) is 54.1 Å². The van der Waals surface area contributed by atoms with Crippen LogP contribution >= 0.6 is 0 Å². The molecule has 7 nitrogen and oxygen atoms in total. The van der Waals surface area contributed by atoms with Crippen LogP contribution in [-0.2, 0) is 4.74 Å². The maximum absolute atomic E-state index is 12.5. The van der Waals surface area contributed by atoms with Crippen LogP contribution in [0, 0.1) is 0 Å². The van der Waals surface area contributed by atoms with Crippen LogP contribution < -0.4 is 15.0 Å². The van der Waals surface area contributed by atoms with Gasteiger partial charge in [0, 0.05) is 37.6 Å². The smallest absolute Gasteiger partial charge is 0.337 e. The molecule has 1 N–H and O–H groups in total. The third kappa shape index (κ3) is 4.49. The number of ether oxygens (including phenoxy) is 2. The van der Waals surface area contributed by atoms with Crippen molar-refractivity contribution in [2.45, 2.75) is 0 Å². The molecule has 0 aliphatic carbocycles. The fourth-order valence-electron chi connectivity index (χ4n) is 3.01. The molecule has 27 heavy (non-hydrogen) atoms. The Labute approximate surface area is 158 Å². The quantitative estimate of drug-likeness (QED) is 0.839. The number of rotatable bonds is 4. The van der Waals surface area contributed by atoms with Gasteiger partial charge < -0.3 is 24.6 Å². The number of urea groups is 1. The van der Waals surface area contributed by atoms with Crippen molar-refractivity contribution >= 4 is 23.4 Å². The first kappa shape index (κ1) is 18.6. The van der Waals surface area contributed by atoms with Gasteiger partial charge in [0.05, 0.1) is 19.8 Å². The molecule has 3 rings (SSSR count). The number of esters is 1. The Balaban J connectivity index is 1.56. The summed E-state index contributed by atoms with van der Waals surface area (Å²) in [6.07, 6.45) is 0. The number of hydrogen-bond acceptors (Lipinski definition) is 5. The molecule has 7 heteroatoms. The lowest BCUT2D eigenvalue weighted by atomic mass is 10.2. The molecule has 2 amide bonds. The van der Waals surface area contributed by atoms with E-state index in [0.717, 1.165) is 24.5 Å². The number of piperazine rings is 1. The number of methoxy groups -OCH3 is 2. The highest BCUT2D eigenvalue weighted by atomic mass is 16.5. The number of nitrogens with zero attached hydrogens (tertiary/aromatic N) is 2. The van der Waals surface area contributed by atoms with Crippen LogP contribution in [0.25, 0.3) is 0 Å². The second-order valence-corrected chi connectivity index (χ2v) is 6.17. The molecule has 2 aromatic rings. The van der Waals surface area contributed by atoms with Crippen molar-refractivity contribution in [3.63, 3.8) is 0 Å². The van der Waals surface area contributed by atoms with Gasteiger partial charge in [0.25, 0.3) is 0 Å². The molecule has 1 saturated heterocycles. The summed E-state index contributed by atoms with van der Waals surface area (Å²) in [5.41, 5.74) is 2.08. The fourth-order valence-corrected chi connectivity index (χ4v) is 3.01. The summed E-state index contributed by atoms with van der Waals surface area (Å²) in [7, 11) is 2.98. The van der Waals surface area contributed by atoms with E-state index in [1.165, 1.54) is 7.11 Å². The number of amides is 2. The molecular formula is C20H23N3O4. The van der Waals surface area contributed by atoms with Crippen LogP contribution in [0.2, 0.25) is 0 Å². The minimum Gasteiger partial charge on any atom is -0.497 e. The summed E-state index contributed by atoms with van der Waals surface area (Å²) in [6, 6.07) is 14.4.